The maximum Gasteiger partial charge on any atom is 0.185 e. The molecular formula is C21H18Cl2FNO2. The van der Waals surface area contributed by atoms with Crippen molar-refractivity contribution in [2.45, 2.75) is 20.3 Å². The second kappa shape index (κ2) is 10.0. The van der Waals surface area contributed by atoms with Crippen LogP contribution in [0.5, 0.6) is 11.5 Å². The van der Waals surface area contributed by atoms with Gasteiger partial charge in [0.15, 0.2) is 5.78 Å². The molecule has 0 fully saturated rings. The predicted molar refractivity (Wildman–Crippen MR) is 107 cm³/mol. The van der Waals surface area contributed by atoms with E-state index < -0.39 is 5.82 Å². The molecule has 1 aromatic heterocycles. The highest BCUT2D eigenvalue weighted by Crippen LogP contribution is 2.23. The van der Waals surface area contributed by atoms with Crippen LogP contribution in [0.1, 0.15) is 29.9 Å². The number of pyridine rings is 1. The predicted octanol–water partition coefficient (Wildman–Crippen LogP) is 6.77. The highest BCUT2D eigenvalue weighted by Gasteiger charge is 2.12. The van der Waals surface area contributed by atoms with Crippen molar-refractivity contribution in [1.29, 1.82) is 0 Å². The van der Waals surface area contributed by atoms with Crippen molar-refractivity contribution >= 4 is 29.0 Å². The van der Waals surface area contributed by atoms with E-state index in [1.807, 2.05) is 13.8 Å². The van der Waals surface area contributed by atoms with Gasteiger partial charge in [-0.2, -0.15) is 0 Å². The van der Waals surface area contributed by atoms with Gasteiger partial charge >= 0.3 is 0 Å². The van der Waals surface area contributed by atoms with E-state index >= 15 is 0 Å². The molecule has 0 atom stereocenters. The van der Waals surface area contributed by atoms with E-state index in [0.29, 0.717) is 16.5 Å². The van der Waals surface area contributed by atoms with E-state index in [1.54, 1.807) is 42.5 Å². The average molecular weight is 406 g/mol. The lowest BCUT2D eigenvalue weighted by Gasteiger charge is -2.06. The number of hydrogen-bond acceptors (Lipinski definition) is 3. The van der Waals surface area contributed by atoms with Crippen molar-refractivity contribution in [3.63, 3.8) is 0 Å². The number of ether oxygens (including phenoxy) is 1. The van der Waals surface area contributed by atoms with E-state index in [4.69, 9.17) is 27.9 Å². The zero-order chi connectivity index (χ0) is 19.8. The summed E-state index contributed by atoms with van der Waals surface area (Å²) < 4.78 is 19.4. The van der Waals surface area contributed by atoms with Crippen LogP contribution < -0.4 is 4.74 Å². The first-order valence-electron chi connectivity index (χ1n) is 8.38. The molecule has 0 amide bonds. The van der Waals surface area contributed by atoms with Crippen LogP contribution >= 0.6 is 23.2 Å². The number of carbonyl (C=O) groups excluding carboxylic acids is 1. The quantitative estimate of drug-likeness (QED) is 0.439. The molecule has 6 heteroatoms. The van der Waals surface area contributed by atoms with E-state index in [1.165, 1.54) is 18.3 Å². The Morgan fingerprint density at radius 1 is 0.963 bits per heavy atom. The van der Waals surface area contributed by atoms with E-state index in [2.05, 4.69) is 4.98 Å². The van der Waals surface area contributed by atoms with E-state index in [0.717, 1.165) is 0 Å². The first kappa shape index (κ1) is 20.9. The molecule has 0 spiro atoms. The maximum atomic E-state index is 13.8. The van der Waals surface area contributed by atoms with Gasteiger partial charge in [-0.3, -0.25) is 4.79 Å². The van der Waals surface area contributed by atoms with Gasteiger partial charge in [0.2, 0.25) is 0 Å². The van der Waals surface area contributed by atoms with Crippen molar-refractivity contribution < 1.29 is 13.9 Å². The van der Waals surface area contributed by atoms with Crippen molar-refractivity contribution in [2.24, 2.45) is 0 Å². The number of hydrogen-bond donors (Lipinski definition) is 0. The van der Waals surface area contributed by atoms with Crippen LogP contribution in [0.4, 0.5) is 4.39 Å². The minimum atomic E-state index is -0.511. The van der Waals surface area contributed by atoms with Crippen molar-refractivity contribution in [3.05, 3.63) is 87.9 Å². The topological polar surface area (TPSA) is 39.2 Å². The molecule has 1 heterocycles. The lowest BCUT2D eigenvalue weighted by molar-refractivity contribution is 0.0987. The fourth-order valence-corrected chi connectivity index (χ4v) is 2.46. The Bertz CT molecular complexity index is 897. The number of ketones is 1. The molecule has 0 aliphatic carbocycles. The van der Waals surface area contributed by atoms with Crippen molar-refractivity contribution in [1.82, 2.24) is 4.98 Å². The first-order chi connectivity index (χ1) is 13.0. The van der Waals surface area contributed by atoms with Gasteiger partial charge in [-0.1, -0.05) is 43.1 Å². The van der Waals surface area contributed by atoms with Crippen molar-refractivity contribution in [3.8, 4) is 11.5 Å². The SMILES string of the molecule is CC.O=C(Cc1ccc(Cl)cc1F)c1ccc(Oc2ccc(Cl)cc2)cn1. The Morgan fingerprint density at radius 3 is 2.19 bits per heavy atom. The number of Topliss-reactive ketones (excluding diaryl/α,β-unsaturated/α-hetero) is 1. The molecule has 3 rings (SSSR count). The van der Waals surface area contributed by atoms with Crippen molar-refractivity contribution in [2.75, 3.05) is 0 Å². The zero-order valence-corrected chi connectivity index (χ0v) is 16.4. The van der Waals surface area contributed by atoms with Gasteiger partial charge in [0.25, 0.3) is 0 Å². The fraction of sp³-hybridized carbons (Fsp3) is 0.143. The Labute approximate surface area is 167 Å². The molecule has 0 saturated heterocycles. The summed E-state index contributed by atoms with van der Waals surface area (Å²) in [7, 11) is 0. The van der Waals surface area contributed by atoms with Gasteiger partial charge in [-0.15, -0.1) is 0 Å². The van der Waals surface area contributed by atoms with Gasteiger partial charge < -0.3 is 4.74 Å². The molecule has 3 aromatic rings. The van der Waals surface area contributed by atoms with Crippen LogP contribution in [0.25, 0.3) is 0 Å². The summed E-state index contributed by atoms with van der Waals surface area (Å²) in [5, 5.41) is 0.899. The summed E-state index contributed by atoms with van der Waals surface area (Å²) in [4.78, 5) is 16.3. The normalized spacial score (nSPS) is 9.96. The van der Waals surface area contributed by atoms with Gasteiger partial charge in [-0.25, -0.2) is 9.37 Å². The molecule has 0 bridgehead atoms. The molecule has 0 radical (unpaired) electrons. The van der Waals surface area contributed by atoms with Crippen LogP contribution in [-0.4, -0.2) is 10.8 Å². The summed E-state index contributed by atoms with van der Waals surface area (Å²) in [6.07, 6.45) is 1.35. The van der Waals surface area contributed by atoms with Crippen LogP contribution in [0, 0.1) is 5.82 Å². The van der Waals surface area contributed by atoms with Gasteiger partial charge in [0.1, 0.15) is 23.0 Å². The Balaban J connectivity index is 0.00000126. The standard InChI is InChI=1S/C19H12Cl2FNO2.C2H6/c20-13-3-5-15(6-4-13)25-16-7-8-18(23-11-16)19(24)9-12-1-2-14(21)10-17(12)22;1-2/h1-8,10-11H,9H2;1-2H3. The number of aromatic nitrogens is 1. The fourth-order valence-electron chi connectivity index (χ4n) is 2.17. The van der Waals surface area contributed by atoms with E-state index in [-0.39, 0.29) is 28.5 Å². The smallest absolute Gasteiger partial charge is 0.185 e. The second-order valence-electron chi connectivity index (χ2n) is 5.27. The largest absolute Gasteiger partial charge is 0.456 e. The first-order valence-corrected chi connectivity index (χ1v) is 9.13. The summed E-state index contributed by atoms with van der Waals surface area (Å²) >= 11 is 11.5. The number of nitrogens with zero attached hydrogens (tertiary/aromatic N) is 1. The minimum Gasteiger partial charge on any atom is -0.456 e. The molecule has 3 nitrogen and oxygen atoms in total. The van der Waals surface area contributed by atoms with Crippen LogP contribution in [0.3, 0.4) is 0 Å². The molecule has 2 aromatic carbocycles. The lowest BCUT2D eigenvalue weighted by Crippen LogP contribution is -2.07. The number of carbonyl (C=O) groups is 1. The second-order valence-corrected chi connectivity index (χ2v) is 6.14. The third-order valence-electron chi connectivity index (χ3n) is 3.44. The van der Waals surface area contributed by atoms with Crippen LogP contribution in [0.2, 0.25) is 10.0 Å². The average Bonchev–Trinajstić information content (AvgIpc) is 2.68. The zero-order valence-electron chi connectivity index (χ0n) is 14.9. The highest BCUT2D eigenvalue weighted by molar-refractivity contribution is 6.30. The number of halogens is 3. The molecule has 140 valence electrons. The molecular weight excluding hydrogens is 388 g/mol. The summed E-state index contributed by atoms with van der Waals surface area (Å²) in [6.45, 7) is 4.00. The lowest BCUT2D eigenvalue weighted by atomic mass is 10.1. The Hall–Kier alpha value is -2.43. The van der Waals surface area contributed by atoms with Gasteiger partial charge in [-0.05, 0) is 54.1 Å². The van der Waals surface area contributed by atoms with Gasteiger partial charge in [0.05, 0.1) is 6.20 Å². The molecule has 0 saturated carbocycles. The third kappa shape index (κ3) is 6.05. The molecule has 0 unspecified atom stereocenters. The van der Waals surface area contributed by atoms with Crippen LogP contribution in [0.15, 0.2) is 60.8 Å². The molecule has 0 aliphatic rings. The monoisotopic (exact) mass is 405 g/mol. The van der Waals surface area contributed by atoms with Gasteiger partial charge in [0, 0.05) is 16.5 Å². The molecule has 0 aliphatic heterocycles. The number of rotatable bonds is 5. The highest BCUT2D eigenvalue weighted by atomic mass is 35.5. The summed E-state index contributed by atoms with van der Waals surface area (Å²) in [5.41, 5.74) is 0.510. The molecule has 27 heavy (non-hydrogen) atoms. The maximum absolute atomic E-state index is 13.8. The minimum absolute atomic E-state index is 0.0899. The Kier molecular flexibility index (Phi) is 7.77. The van der Waals surface area contributed by atoms with E-state index in [9.17, 15) is 9.18 Å². The number of benzene rings is 2. The van der Waals surface area contributed by atoms with Crippen LogP contribution in [-0.2, 0) is 6.42 Å². The third-order valence-corrected chi connectivity index (χ3v) is 3.92. The summed E-state index contributed by atoms with van der Waals surface area (Å²) in [5.74, 6) is 0.285. The Morgan fingerprint density at radius 2 is 1.59 bits per heavy atom. The molecule has 0 N–H and O–H groups in total. The summed E-state index contributed by atoms with van der Waals surface area (Å²) in [6, 6.07) is 14.3.